The SMILES string of the molecule is CC(=O)Nc1ccc(O)cc1.[O]=[Ti]=[O]. The topological polar surface area (TPSA) is 83.5 Å². The summed E-state index contributed by atoms with van der Waals surface area (Å²) in [6, 6.07) is 6.31. The molecule has 0 aliphatic heterocycles. The van der Waals surface area contributed by atoms with Gasteiger partial charge in [-0.1, -0.05) is 0 Å². The zero-order valence-electron chi connectivity index (χ0n) is 7.48. The average Bonchev–Trinajstić information content (AvgIpc) is 2.09. The van der Waals surface area contributed by atoms with Crippen molar-refractivity contribution in [2.75, 3.05) is 5.32 Å². The molecule has 6 heteroatoms. The predicted octanol–water partition coefficient (Wildman–Crippen LogP) is 1.11. The first kappa shape index (κ1) is 12.8. The molecular formula is C8H9NO4Ti. The Kier molecular flexibility index (Phi) is 6.61. The van der Waals surface area contributed by atoms with Crippen molar-refractivity contribution in [3.8, 4) is 5.75 Å². The van der Waals surface area contributed by atoms with Gasteiger partial charge in [0, 0.05) is 12.6 Å². The van der Waals surface area contributed by atoms with Gasteiger partial charge in [0.1, 0.15) is 5.75 Å². The van der Waals surface area contributed by atoms with Crippen LogP contribution < -0.4 is 5.32 Å². The number of hydrogen-bond acceptors (Lipinski definition) is 4. The number of nitrogens with one attached hydrogen (secondary N) is 1. The summed E-state index contributed by atoms with van der Waals surface area (Å²) >= 11 is -2.00. The maximum absolute atomic E-state index is 10.5. The van der Waals surface area contributed by atoms with Crippen molar-refractivity contribution in [2.24, 2.45) is 0 Å². The fourth-order valence-corrected chi connectivity index (χ4v) is 0.748. The van der Waals surface area contributed by atoms with Crippen molar-refractivity contribution >= 4 is 11.6 Å². The van der Waals surface area contributed by atoms with E-state index in [2.05, 4.69) is 5.32 Å². The summed E-state index contributed by atoms with van der Waals surface area (Å²) in [6.07, 6.45) is 0. The van der Waals surface area contributed by atoms with Crippen LogP contribution in [0, 0.1) is 0 Å². The van der Waals surface area contributed by atoms with Gasteiger partial charge < -0.3 is 10.4 Å². The van der Waals surface area contributed by atoms with Crippen LogP contribution in [-0.2, 0) is 30.5 Å². The standard InChI is InChI=1S/C8H9NO2.2O.Ti/c1-6(10)9-7-2-4-8(11)5-3-7;;;/h2-5,11H,1H3,(H,9,10);;;. The third-order valence-electron chi connectivity index (χ3n) is 1.19. The van der Waals surface area contributed by atoms with Crippen LogP contribution in [0.3, 0.4) is 0 Å². The van der Waals surface area contributed by atoms with Crippen LogP contribution in [0.2, 0.25) is 0 Å². The second kappa shape index (κ2) is 7.23. The van der Waals surface area contributed by atoms with E-state index in [4.69, 9.17) is 11.8 Å². The Bertz CT molecular complexity index is 330. The van der Waals surface area contributed by atoms with Crippen LogP contribution in [0.25, 0.3) is 0 Å². The molecule has 0 aromatic heterocycles. The summed E-state index contributed by atoms with van der Waals surface area (Å²) in [7, 11) is 0. The van der Waals surface area contributed by atoms with Gasteiger partial charge in [0.25, 0.3) is 0 Å². The summed E-state index contributed by atoms with van der Waals surface area (Å²) < 4.78 is 17.0. The van der Waals surface area contributed by atoms with Crippen molar-refractivity contribution in [3.05, 3.63) is 24.3 Å². The zero-order valence-corrected chi connectivity index (χ0v) is 9.04. The number of amides is 1. The molecule has 0 heterocycles. The average molecular weight is 231 g/mol. The first-order chi connectivity index (χ1) is 6.60. The van der Waals surface area contributed by atoms with E-state index < -0.39 is 19.1 Å². The van der Waals surface area contributed by atoms with E-state index in [0.29, 0.717) is 5.69 Å². The third-order valence-corrected chi connectivity index (χ3v) is 1.19. The maximum atomic E-state index is 10.5. The molecule has 0 fully saturated rings. The summed E-state index contributed by atoms with van der Waals surface area (Å²) in [5, 5.41) is 11.5. The number of hydrogen-bond donors (Lipinski definition) is 2. The molecule has 0 spiro atoms. The molecule has 0 unspecified atom stereocenters. The second-order valence-corrected chi connectivity index (χ2v) is 2.57. The van der Waals surface area contributed by atoms with E-state index in [1.807, 2.05) is 0 Å². The van der Waals surface area contributed by atoms with E-state index >= 15 is 0 Å². The fraction of sp³-hybridized carbons (Fsp3) is 0.125. The van der Waals surface area contributed by atoms with Crippen molar-refractivity contribution < 1.29 is 35.6 Å². The van der Waals surface area contributed by atoms with Gasteiger partial charge >= 0.3 is 25.7 Å². The molecule has 1 aromatic carbocycles. The first-order valence-corrected chi connectivity index (χ1v) is 4.93. The fourth-order valence-electron chi connectivity index (χ4n) is 0.748. The minimum atomic E-state index is -2.00. The van der Waals surface area contributed by atoms with Crippen LogP contribution in [-0.4, -0.2) is 11.0 Å². The molecule has 14 heavy (non-hydrogen) atoms. The number of carbonyl (C=O) groups is 1. The van der Waals surface area contributed by atoms with E-state index in [9.17, 15) is 4.79 Å². The van der Waals surface area contributed by atoms with Gasteiger partial charge in [-0.3, -0.25) is 4.79 Å². The first-order valence-electron chi connectivity index (χ1n) is 3.66. The number of phenolic OH excluding ortho intramolecular Hbond substituents is 1. The van der Waals surface area contributed by atoms with Gasteiger partial charge in [0.05, 0.1) is 0 Å². The molecule has 1 aromatic rings. The number of carbonyl (C=O) groups excluding carboxylic acids is 1. The Morgan fingerprint density at radius 2 is 1.71 bits per heavy atom. The normalized spacial score (nSPS) is 7.79. The molecule has 2 N–H and O–H groups in total. The van der Waals surface area contributed by atoms with Gasteiger partial charge in [-0.15, -0.1) is 0 Å². The Morgan fingerprint density at radius 1 is 1.29 bits per heavy atom. The molecule has 0 radical (unpaired) electrons. The van der Waals surface area contributed by atoms with E-state index in [-0.39, 0.29) is 11.7 Å². The van der Waals surface area contributed by atoms with Crippen LogP contribution in [0.5, 0.6) is 5.75 Å². The Morgan fingerprint density at radius 3 is 2.07 bits per heavy atom. The minimum absolute atomic E-state index is 0.115. The van der Waals surface area contributed by atoms with Crippen LogP contribution in [0.4, 0.5) is 5.69 Å². The van der Waals surface area contributed by atoms with Gasteiger partial charge in [-0.05, 0) is 24.3 Å². The molecule has 1 rings (SSSR count). The molecule has 0 aliphatic rings. The quantitative estimate of drug-likeness (QED) is 0.560. The summed E-state index contributed by atoms with van der Waals surface area (Å²) in [5.41, 5.74) is 0.690. The Balaban J connectivity index is 0.000000500. The van der Waals surface area contributed by atoms with Gasteiger partial charge in [0.2, 0.25) is 5.91 Å². The zero-order chi connectivity index (χ0) is 11.0. The number of phenols is 1. The van der Waals surface area contributed by atoms with E-state index in [1.54, 1.807) is 12.1 Å². The predicted molar refractivity (Wildman–Crippen MR) is 43.8 cm³/mol. The Labute approximate surface area is 89.7 Å². The monoisotopic (exact) mass is 231 g/mol. The van der Waals surface area contributed by atoms with Crippen LogP contribution >= 0.6 is 0 Å². The second-order valence-electron chi connectivity index (χ2n) is 2.31. The molecule has 5 nitrogen and oxygen atoms in total. The van der Waals surface area contributed by atoms with Crippen molar-refractivity contribution in [2.45, 2.75) is 6.92 Å². The van der Waals surface area contributed by atoms with Gasteiger partial charge in [0.15, 0.2) is 0 Å². The van der Waals surface area contributed by atoms with Crippen LogP contribution in [0.1, 0.15) is 6.92 Å². The number of anilines is 1. The molecule has 0 saturated carbocycles. The van der Waals surface area contributed by atoms with Crippen LogP contribution in [0.15, 0.2) is 24.3 Å². The number of aromatic hydroxyl groups is 1. The molecule has 1 amide bonds. The van der Waals surface area contributed by atoms with Crippen molar-refractivity contribution in [1.82, 2.24) is 0 Å². The molecule has 0 saturated heterocycles. The summed E-state index contributed by atoms with van der Waals surface area (Å²) in [6.45, 7) is 1.44. The van der Waals surface area contributed by atoms with Gasteiger partial charge in [-0.25, -0.2) is 0 Å². The molecule has 0 aliphatic carbocycles. The molecular weight excluding hydrogens is 222 g/mol. The number of benzene rings is 1. The Hall–Kier alpha value is -1.20. The van der Waals surface area contributed by atoms with E-state index in [0.717, 1.165) is 0 Å². The summed E-state index contributed by atoms with van der Waals surface area (Å²) in [5.74, 6) is 0.0785. The molecule has 0 bridgehead atoms. The third kappa shape index (κ3) is 6.33. The molecule has 0 atom stereocenters. The van der Waals surface area contributed by atoms with Crippen molar-refractivity contribution in [3.63, 3.8) is 0 Å². The summed E-state index contributed by atoms with van der Waals surface area (Å²) in [4.78, 5) is 10.5. The van der Waals surface area contributed by atoms with Crippen molar-refractivity contribution in [1.29, 1.82) is 0 Å². The number of rotatable bonds is 1. The van der Waals surface area contributed by atoms with Gasteiger partial charge in [-0.2, -0.15) is 0 Å². The van der Waals surface area contributed by atoms with E-state index in [1.165, 1.54) is 19.1 Å². The molecule has 74 valence electrons.